The molecule has 0 N–H and O–H groups in total. The molecule has 9 heteroatoms. The second-order valence-corrected chi connectivity index (χ2v) is 10.6. The van der Waals surface area contributed by atoms with Gasteiger partial charge in [0.15, 0.2) is 6.61 Å². The van der Waals surface area contributed by atoms with Crippen molar-refractivity contribution in [3.05, 3.63) is 23.8 Å². The maximum Gasteiger partial charge on any atom is 0.340 e. The Morgan fingerprint density at radius 3 is 2.33 bits per heavy atom. The van der Waals surface area contributed by atoms with Gasteiger partial charge < -0.3 is 14.5 Å². The Kier molecular flexibility index (Phi) is 8.75. The minimum Gasteiger partial charge on any atom is -0.452 e. The van der Waals surface area contributed by atoms with E-state index in [2.05, 4.69) is 11.8 Å². The van der Waals surface area contributed by atoms with Crippen LogP contribution in [0.25, 0.3) is 0 Å². The lowest BCUT2D eigenvalue weighted by molar-refractivity contribution is -0.138. The third-order valence-electron chi connectivity index (χ3n) is 6.72. The van der Waals surface area contributed by atoms with Gasteiger partial charge in [-0.15, -0.1) is 0 Å². The smallest absolute Gasteiger partial charge is 0.340 e. The van der Waals surface area contributed by atoms with Crippen LogP contribution >= 0.6 is 0 Å². The van der Waals surface area contributed by atoms with Gasteiger partial charge in [-0.3, -0.25) is 4.79 Å². The summed E-state index contributed by atoms with van der Waals surface area (Å²) in [4.78, 5) is 29.9. The van der Waals surface area contributed by atoms with E-state index in [9.17, 15) is 18.0 Å². The molecule has 0 radical (unpaired) electrons. The number of hydrogen-bond donors (Lipinski definition) is 0. The number of ether oxygens (including phenoxy) is 1. The number of esters is 1. The van der Waals surface area contributed by atoms with Crippen LogP contribution in [0.4, 0.5) is 5.69 Å². The molecule has 3 rings (SSSR count). The normalized spacial score (nSPS) is 19.2. The van der Waals surface area contributed by atoms with E-state index in [4.69, 9.17) is 4.74 Å². The molecule has 1 aromatic carbocycles. The summed E-state index contributed by atoms with van der Waals surface area (Å²) < 4.78 is 32.9. The van der Waals surface area contributed by atoms with Crippen molar-refractivity contribution in [2.24, 2.45) is 0 Å². The molecule has 2 aliphatic heterocycles. The summed E-state index contributed by atoms with van der Waals surface area (Å²) in [5, 5.41) is 0. The Hall–Kier alpha value is -2.13. The van der Waals surface area contributed by atoms with Crippen LogP contribution in [0.2, 0.25) is 0 Å². The molecule has 2 fully saturated rings. The van der Waals surface area contributed by atoms with Crippen LogP contribution < -0.4 is 4.90 Å². The van der Waals surface area contributed by atoms with Crippen LogP contribution in [0.15, 0.2) is 23.1 Å². The van der Waals surface area contributed by atoms with Gasteiger partial charge in [-0.05, 0) is 56.7 Å². The van der Waals surface area contributed by atoms with Crippen LogP contribution in [0.1, 0.15) is 69.7 Å². The molecule has 1 amide bonds. The summed E-state index contributed by atoms with van der Waals surface area (Å²) in [6, 6.07) is 4.84. The first-order valence-corrected chi connectivity index (χ1v) is 13.6. The molecule has 1 aromatic rings. The zero-order chi connectivity index (χ0) is 24.0. The van der Waals surface area contributed by atoms with Crippen molar-refractivity contribution >= 4 is 27.6 Å². The monoisotopic (exact) mass is 479 g/mol. The fourth-order valence-corrected chi connectivity index (χ4v) is 6.31. The van der Waals surface area contributed by atoms with Crippen LogP contribution in [-0.2, 0) is 19.6 Å². The van der Waals surface area contributed by atoms with E-state index >= 15 is 0 Å². The maximum atomic E-state index is 13.1. The quantitative estimate of drug-likeness (QED) is 0.505. The lowest BCUT2D eigenvalue weighted by Gasteiger charge is -2.35. The summed E-state index contributed by atoms with van der Waals surface area (Å²) in [6.45, 7) is 8.26. The van der Waals surface area contributed by atoms with Gasteiger partial charge in [0.05, 0.1) is 16.1 Å². The molecule has 184 valence electrons. The first-order chi connectivity index (χ1) is 15.8. The van der Waals surface area contributed by atoms with Crippen molar-refractivity contribution in [1.82, 2.24) is 9.21 Å². The van der Waals surface area contributed by atoms with Crippen LogP contribution in [0, 0.1) is 0 Å². The molecule has 1 unspecified atom stereocenters. The number of likely N-dealkylation sites (tertiary alicyclic amines) is 1. The Morgan fingerprint density at radius 2 is 1.70 bits per heavy atom. The fourth-order valence-electron chi connectivity index (χ4n) is 4.83. The second kappa shape index (κ2) is 11.3. The average Bonchev–Trinajstić information content (AvgIpc) is 3.37. The molecule has 2 aliphatic rings. The minimum absolute atomic E-state index is 0.0644. The van der Waals surface area contributed by atoms with Crippen LogP contribution in [0.3, 0.4) is 0 Å². The Balaban J connectivity index is 1.84. The highest BCUT2D eigenvalue weighted by Gasteiger charge is 2.29. The largest absolute Gasteiger partial charge is 0.452 e. The Morgan fingerprint density at radius 1 is 1.03 bits per heavy atom. The summed E-state index contributed by atoms with van der Waals surface area (Å²) in [5.74, 6) is -0.851. The molecule has 0 aromatic heterocycles. The topological polar surface area (TPSA) is 87.2 Å². The fraction of sp³-hybridized carbons (Fsp3) is 0.667. The predicted molar refractivity (Wildman–Crippen MR) is 128 cm³/mol. The third kappa shape index (κ3) is 5.69. The van der Waals surface area contributed by atoms with Crippen molar-refractivity contribution in [3.8, 4) is 0 Å². The summed E-state index contributed by atoms with van der Waals surface area (Å²) in [6.07, 6.45) is 5.94. The average molecular weight is 480 g/mol. The van der Waals surface area contributed by atoms with Gasteiger partial charge in [0, 0.05) is 38.8 Å². The highest BCUT2D eigenvalue weighted by atomic mass is 32.2. The maximum absolute atomic E-state index is 13.1. The number of hydrogen-bond acceptors (Lipinski definition) is 6. The number of sulfonamides is 1. The van der Waals surface area contributed by atoms with Crippen molar-refractivity contribution in [2.75, 3.05) is 44.2 Å². The van der Waals surface area contributed by atoms with Crippen molar-refractivity contribution < 1.29 is 22.7 Å². The first kappa shape index (κ1) is 25.5. The van der Waals surface area contributed by atoms with E-state index in [1.807, 2.05) is 4.90 Å². The minimum atomic E-state index is -3.72. The SMILES string of the molecule is CCC1CCCCN1C(=O)COC(=O)c1cc(S(=O)(=O)N(CC)CC)ccc1N1CCCC1. The van der Waals surface area contributed by atoms with Gasteiger partial charge in [-0.2, -0.15) is 4.31 Å². The van der Waals surface area contributed by atoms with Gasteiger partial charge in [0.2, 0.25) is 10.0 Å². The van der Waals surface area contributed by atoms with Gasteiger partial charge in [0.1, 0.15) is 0 Å². The molecular formula is C24H37N3O5S. The number of amides is 1. The molecule has 33 heavy (non-hydrogen) atoms. The molecule has 0 bridgehead atoms. The molecule has 0 saturated carbocycles. The zero-order valence-corrected chi connectivity index (χ0v) is 20.9. The number of rotatable bonds is 9. The highest BCUT2D eigenvalue weighted by molar-refractivity contribution is 7.89. The van der Waals surface area contributed by atoms with E-state index in [1.165, 1.54) is 10.4 Å². The first-order valence-electron chi connectivity index (χ1n) is 12.2. The lowest BCUT2D eigenvalue weighted by atomic mass is 10.00. The third-order valence-corrected chi connectivity index (χ3v) is 8.77. The van der Waals surface area contributed by atoms with Crippen LogP contribution in [-0.4, -0.2) is 74.9 Å². The van der Waals surface area contributed by atoms with Gasteiger partial charge >= 0.3 is 5.97 Å². The number of anilines is 1. The Bertz CT molecular complexity index is 939. The summed E-state index contributed by atoms with van der Waals surface area (Å²) in [7, 11) is -3.72. The molecule has 0 aliphatic carbocycles. The van der Waals surface area contributed by atoms with Crippen molar-refractivity contribution in [3.63, 3.8) is 0 Å². The number of carbonyl (C=O) groups is 2. The molecule has 2 saturated heterocycles. The van der Waals surface area contributed by atoms with E-state index in [1.54, 1.807) is 26.0 Å². The van der Waals surface area contributed by atoms with Gasteiger partial charge in [0.25, 0.3) is 5.91 Å². The number of nitrogens with zero attached hydrogens (tertiary/aromatic N) is 3. The number of benzene rings is 1. The molecule has 1 atom stereocenters. The van der Waals surface area contributed by atoms with E-state index < -0.39 is 16.0 Å². The summed E-state index contributed by atoms with van der Waals surface area (Å²) >= 11 is 0. The highest BCUT2D eigenvalue weighted by Crippen LogP contribution is 2.29. The van der Waals surface area contributed by atoms with Gasteiger partial charge in [-0.1, -0.05) is 20.8 Å². The van der Waals surface area contributed by atoms with Gasteiger partial charge in [-0.25, -0.2) is 13.2 Å². The number of piperidine rings is 1. The van der Waals surface area contributed by atoms with E-state index in [-0.39, 0.29) is 29.0 Å². The lowest BCUT2D eigenvalue weighted by Crippen LogP contribution is -2.45. The van der Waals surface area contributed by atoms with E-state index in [0.29, 0.717) is 25.3 Å². The van der Waals surface area contributed by atoms with Crippen LogP contribution in [0.5, 0.6) is 0 Å². The predicted octanol–water partition coefficient (Wildman–Crippen LogP) is 3.27. The molecule has 2 heterocycles. The Labute approximate surface area is 197 Å². The van der Waals surface area contributed by atoms with Crippen molar-refractivity contribution in [2.45, 2.75) is 70.2 Å². The van der Waals surface area contributed by atoms with Crippen molar-refractivity contribution in [1.29, 1.82) is 0 Å². The molecule has 0 spiro atoms. The molecular weight excluding hydrogens is 442 g/mol. The molecule has 8 nitrogen and oxygen atoms in total. The summed E-state index contributed by atoms with van der Waals surface area (Å²) in [5.41, 5.74) is 0.858. The zero-order valence-electron chi connectivity index (χ0n) is 20.1. The second-order valence-electron chi connectivity index (χ2n) is 8.68. The van der Waals surface area contributed by atoms with E-state index in [0.717, 1.165) is 51.6 Å². The number of carbonyl (C=O) groups excluding carboxylic acids is 2. The standard InChI is InChI=1S/C24H37N3O5S/c1-4-19-11-7-8-16-27(19)23(28)18-32-24(29)21-17-20(33(30,31)26(5-2)6-3)12-13-22(21)25-14-9-10-15-25/h12-13,17,19H,4-11,14-16,18H2,1-3H3.